The van der Waals surface area contributed by atoms with Crippen LogP contribution in [0.4, 0.5) is 0 Å². The average Bonchev–Trinajstić information content (AvgIpc) is 2.45. The molecule has 0 bridgehead atoms. The number of rotatable bonds is 7. The van der Waals surface area contributed by atoms with E-state index in [0.29, 0.717) is 6.42 Å². The van der Waals surface area contributed by atoms with Crippen molar-refractivity contribution in [2.24, 2.45) is 5.92 Å². The SMILES string of the molecule is COC(=O)[C@@H](CC(C)C)NS(=O)(=O)c1cc(C)ccc1OC. The second kappa shape index (κ2) is 7.60. The predicted molar refractivity (Wildman–Crippen MR) is 83.3 cm³/mol. The van der Waals surface area contributed by atoms with Gasteiger partial charge in [-0.3, -0.25) is 4.79 Å². The Hall–Kier alpha value is -1.60. The molecule has 0 aromatic heterocycles. The summed E-state index contributed by atoms with van der Waals surface area (Å²) in [5.74, 6) is -0.249. The van der Waals surface area contributed by atoms with Crippen LogP contribution in [0.5, 0.6) is 5.75 Å². The molecule has 0 aliphatic carbocycles. The molecule has 1 rings (SSSR count). The summed E-state index contributed by atoms with van der Waals surface area (Å²) in [5, 5.41) is 0. The highest BCUT2D eigenvalue weighted by Gasteiger charge is 2.29. The fraction of sp³-hybridized carbons (Fsp3) is 0.533. The molecule has 1 atom stereocenters. The number of nitrogens with one attached hydrogen (secondary N) is 1. The van der Waals surface area contributed by atoms with E-state index in [9.17, 15) is 13.2 Å². The van der Waals surface area contributed by atoms with E-state index in [4.69, 9.17) is 4.74 Å². The third-order valence-electron chi connectivity index (χ3n) is 3.10. The number of esters is 1. The molecular formula is C15H23NO5S. The molecule has 124 valence electrons. The van der Waals surface area contributed by atoms with E-state index in [1.54, 1.807) is 19.1 Å². The zero-order valence-electron chi connectivity index (χ0n) is 13.5. The van der Waals surface area contributed by atoms with E-state index in [2.05, 4.69) is 9.46 Å². The molecule has 0 radical (unpaired) electrons. The van der Waals surface area contributed by atoms with Crippen molar-refractivity contribution in [3.63, 3.8) is 0 Å². The van der Waals surface area contributed by atoms with Gasteiger partial charge < -0.3 is 9.47 Å². The van der Waals surface area contributed by atoms with Gasteiger partial charge in [-0.05, 0) is 37.0 Å². The topological polar surface area (TPSA) is 81.7 Å². The molecule has 0 heterocycles. The van der Waals surface area contributed by atoms with Crippen molar-refractivity contribution < 1.29 is 22.7 Å². The fourth-order valence-corrected chi connectivity index (χ4v) is 3.50. The number of methoxy groups -OCH3 is 2. The lowest BCUT2D eigenvalue weighted by Gasteiger charge is -2.19. The van der Waals surface area contributed by atoms with E-state index in [1.165, 1.54) is 20.3 Å². The summed E-state index contributed by atoms with van der Waals surface area (Å²) in [7, 11) is -1.27. The smallest absolute Gasteiger partial charge is 0.323 e. The highest BCUT2D eigenvalue weighted by Crippen LogP contribution is 2.25. The van der Waals surface area contributed by atoms with Crippen molar-refractivity contribution in [1.82, 2.24) is 4.72 Å². The summed E-state index contributed by atoms with van der Waals surface area (Å²) in [5.41, 5.74) is 0.777. The summed E-state index contributed by atoms with van der Waals surface area (Å²) in [6.45, 7) is 5.58. The molecule has 0 aliphatic heterocycles. The number of aryl methyl sites for hydroxylation is 1. The Morgan fingerprint density at radius 2 is 1.91 bits per heavy atom. The monoisotopic (exact) mass is 329 g/mol. The van der Waals surface area contributed by atoms with Crippen LogP contribution >= 0.6 is 0 Å². The molecule has 0 saturated heterocycles. The summed E-state index contributed by atoms with van der Waals surface area (Å²) in [6.07, 6.45) is 0.347. The van der Waals surface area contributed by atoms with Crippen LogP contribution in [-0.4, -0.2) is 34.6 Å². The lowest BCUT2D eigenvalue weighted by Crippen LogP contribution is -2.42. The molecule has 0 saturated carbocycles. The van der Waals surface area contributed by atoms with E-state index < -0.39 is 22.0 Å². The summed E-state index contributed by atoms with van der Waals surface area (Å²) in [4.78, 5) is 11.8. The zero-order valence-corrected chi connectivity index (χ0v) is 14.4. The van der Waals surface area contributed by atoms with Gasteiger partial charge in [-0.25, -0.2) is 8.42 Å². The molecule has 22 heavy (non-hydrogen) atoms. The molecule has 1 aromatic rings. The molecule has 0 fully saturated rings. The van der Waals surface area contributed by atoms with E-state index >= 15 is 0 Å². The van der Waals surface area contributed by atoms with Gasteiger partial charge in [0.25, 0.3) is 0 Å². The maximum Gasteiger partial charge on any atom is 0.323 e. The first kappa shape index (κ1) is 18.4. The molecule has 0 unspecified atom stereocenters. The van der Waals surface area contributed by atoms with Gasteiger partial charge in [0.05, 0.1) is 14.2 Å². The molecule has 1 aromatic carbocycles. The number of hydrogen-bond donors (Lipinski definition) is 1. The minimum Gasteiger partial charge on any atom is -0.495 e. The van der Waals surface area contributed by atoms with Gasteiger partial charge in [0.2, 0.25) is 10.0 Å². The average molecular weight is 329 g/mol. The van der Waals surface area contributed by atoms with Crippen molar-refractivity contribution in [3.8, 4) is 5.75 Å². The number of hydrogen-bond acceptors (Lipinski definition) is 5. The van der Waals surface area contributed by atoms with Crippen LogP contribution in [0, 0.1) is 12.8 Å². The minimum absolute atomic E-state index is 0.00709. The Morgan fingerprint density at radius 3 is 2.41 bits per heavy atom. The Morgan fingerprint density at radius 1 is 1.27 bits per heavy atom. The minimum atomic E-state index is -3.90. The Kier molecular flexibility index (Phi) is 6.37. The quantitative estimate of drug-likeness (QED) is 0.772. The Bertz CT molecular complexity index is 625. The molecule has 0 spiro atoms. The second-order valence-corrected chi connectivity index (χ2v) is 7.16. The first-order valence-corrected chi connectivity index (χ1v) is 8.44. The highest BCUT2D eigenvalue weighted by molar-refractivity contribution is 7.89. The second-order valence-electron chi connectivity index (χ2n) is 5.48. The molecule has 0 aliphatic rings. The van der Waals surface area contributed by atoms with Crippen LogP contribution in [0.15, 0.2) is 23.1 Å². The maximum atomic E-state index is 12.6. The van der Waals surface area contributed by atoms with Crippen LogP contribution in [-0.2, 0) is 19.6 Å². The molecule has 6 nitrogen and oxygen atoms in total. The van der Waals surface area contributed by atoms with Crippen molar-refractivity contribution in [1.29, 1.82) is 0 Å². The third-order valence-corrected chi connectivity index (χ3v) is 4.59. The normalized spacial score (nSPS) is 13.0. The number of carbonyl (C=O) groups is 1. The number of sulfonamides is 1. The lowest BCUT2D eigenvalue weighted by molar-refractivity contribution is -0.143. The van der Waals surface area contributed by atoms with E-state index in [1.807, 2.05) is 13.8 Å². The van der Waals surface area contributed by atoms with Gasteiger partial charge in [0.1, 0.15) is 16.7 Å². The van der Waals surface area contributed by atoms with Crippen LogP contribution in [0.3, 0.4) is 0 Å². The van der Waals surface area contributed by atoms with Crippen LogP contribution < -0.4 is 9.46 Å². The first-order chi connectivity index (χ1) is 10.2. The summed E-state index contributed by atoms with van der Waals surface area (Å²) >= 11 is 0. The predicted octanol–water partition coefficient (Wildman–Crippen LogP) is 1.87. The van der Waals surface area contributed by atoms with Gasteiger partial charge in [-0.15, -0.1) is 0 Å². The lowest BCUT2D eigenvalue weighted by atomic mass is 10.1. The van der Waals surface area contributed by atoms with Crippen LogP contribution in [0.25, 0.3) is 0 Å². The molecule has 0 amide bonds. The summed E-state index contributed by atoms with van der Waals surface area (Å²) in [6, 6.07) is 3.91. The maximum absolute atomic E-state index is 12.6. The van der Waals surface area contributed by atoms with Gasteiger partial charge in [0, 0.05) is 0 Å². The van der Waals surface area contributed by atoms with E-state index in [0.717, 1.165) is 5.56 Å². The molecule has 1 N–H and O–H groups in total. The Balaban J connectivity index is 3.17. The van der Waals surface area contributed by atoms with Crippen molar-refractivity contribution >= 4 is 16.0 Å². The number of benzene rings is 1. The van der Waals surface area contributed by atoms with Crippen LogP contribution in [0.1, 0.15) is 25.8 Å². The van der Waals surface area contributed by atoms with Crippen molar-refractivity contribution in [3.05, 3.63) is 23.8 Å². The van der Waals surface area contributed by atoms with Gasteiger partial charge in [-0.1, -0.05) is 19.9 Å². The molecule has 7 heteroatoms. The van der Waals surface area contributed by atoms with Crippen LogP contribution in [0.2, 0.25) is 0 Å². The van der Waals surface area contributed by atoms with Gasteiger partial charge in [0.15, 0.2) is 0 Å². The number of carbonyl (C=O) groups excluding carboxylic acids is 1. The molecular weight excluding hydrogens is 306 g/mol. The third kappa shape index (κ3) is 4.71. The van der Waals surface area contributed by atoms with Crippen molar-refractivity contribution in [2.45, 2.75) is 38.1 Å². The first-order valence-electron chi connectivity index (χ1n) is 6.96. The largest absolute Gasteiger partial charge is 0.495 e. The highest BCUT2D eigenvalue weighted by atomic mass is 32.2. The Labute approximate surface area is 131 Å². The standard InChI is InChI=1S/C15H23NO5S/c1-10(2)8-12(15(17)21-5)16-22(18,19)14-9-11(3)6-7-13(14)20-4/h6-7,9-10,12,16H,8H2,1-5H3/t12-/m1/s1. The van der Waals surface area contributed by atoms with Gasteiger partial charge in [-0.2, -0.15) is 4.72 Å². The zero-order chi connectivity index (χ0) is 16.9. The van der Waals surface area contributed by atoms with E-state index in [-0.39, 0.29) is 16.6 Å². The fourth-order valence-electron chi connectivity index (χ4n) is 2.05. The van der Waals surface area contributed by atoms with Crippen molar-refractivity contribution in [2.75, 3.05) is 14.2 Å². The number of ether oxygens (including phenoxy) is 2. The summed E-state index contributed by atoms with van der Waals surface area (Å²) < 4.78 is 37.3. The van der Waals surface area contributed by atoms with Gasteiger partial charge >= 0.3 is 5.97 Å².